The number of fused-ring (bicyclic) bond motifs is 1. The fourth-order valence-corrected chi connectivity index (χ4v) is 3.76. The minimum absolute atomic E-state index is 0.151. The van der Waals surface area contributed by atoms with Crippen molar-refractivity contribution in [1.29, 1.82) is 0 Å². The first-order chi connectivity index (χ1) is 11.5. The molecule has 2 aromatic heterocycles. The number of nitrogens with zero attached hydrogens (tertiary/aromatic N) is 3. The standard InChI is InChI=1S/C19H25N3.C2H6/c1-14-11-20-22-12-17(4-5-18(14)22)19(2,3)13-21-8-6-15-10-16(15)7-9-21;1-2/h4-5,11-12H,6-10,13H2,1-3H3;1-2H3. The second-order valence-electron chi connectivity index (χ2n) is 7.62. The molecule has 3 heteroatoms. The van der Waals surface area contributed by atoms with Gasteiger partial charge in [0.05, 0.1) is 11.7 Å². The first-order valence-electron chi connectivity index (χ1n) is 9.39. The first-order valence-corrected chi connectivity index (χ1v) is 9.39. The summed E-state index contributed by atoms with van der Waals surface area (Å²) in [6, 6.07) is 4.49. The normalized spacial score (nSPS) is 18.0. The van der Waals surface area contributed by atoms with Crippen LogP contribution in [-0.2, 0) is 5.41 Å². The topological polar surface area (TPSA) is 20.5 Å². The van der Waals surface area contributed by atoms with E-state index >= 15 is 0 Å². The van der Waals surface area contributed by atoms with Crippen molar-refractivity contribution in [3.63, 3.8) is 0 Å². The molecule has 0 spiro atoms. The SMILES string of the molecule is CC.Cc1cnn2cc(C(C)(C)CN3CCC4=C(CC3)C4)ccc12. The summed E-state index contributed by atoms with van der Waals surface area (Å²) in [5.74, 6) is 0. The van der Waals surface area contributed by atoms with Crippen molar-refractivity contribution in [3.8, 4) is 0 Å². The molecule has 1 aliphatic carbocycles. The molecule has 2 aromatic rings. The lowest BCUT2D eigenvalue weighted by Gasteiger charge is -2.33. The Bertz CT molecular complexity index is 736. The Balaban J connectivity index is 0.000000815. The van der Waals surface area contributed by atoms with Crippen LogP contribution in [0.25, 0.3) is 5.52 Å². The maximum Gasteiger partial charge on any atom is 0.0690 e. The van der Waals surface area contributed by atoms with E-state index in [-0.39, 0.29) is 5.41 Å². The fraction of sp³-hybridized carbons (Fsp3) is 0.571. The lowest BCUT2D eigenvalue weighted by Crippen LogP contribution is -2.38. The molecule has 0 saturated carbocycles. The van der Waals surface area contributed by atoms with Crippen LogP contribution in [0.4, 0.5) is 0 Å². The largest absolute Gasteiger partial charge is 0.302 e. The van der Waals surface area contributed by atoms with Crippen molar-refractivity contribution in [2.24, 2.45) is 0 Å². The van der Waals surface area contributed by atoms with E-state index in [2.05, 4.69) is 49.1 Å². The molecule has 0 bridgehead atoms. The highest BCUT2D eigenvalue weighted by Gasteiger charge is 2.29. The molecule has 130 valence electrons. The number of hydrogen-bond donors (Lipinski definition) is 0. The summed E-state index contributed by atoms with van der Waals surface area (Å²) in [6.45, 7) is 14.4. The summed E-state index contributed by atoms with van der Waals surface area (Å²) < 4.78 is 2.02. The third kappa shape index (κ3) is 3.41. The van der Waals surface area contributed by atoms with Gasteiger partial charge in [-0.15, -0.1) is 0 Å². The third-order valence-corrected chi connectivity index (χ3v) is 5.37. The van der Waals surface area contributed by atoms with Crippen LogP contribution < -0.4 is 0 Å². The number of aromatic nitrogens is 2. The number of pyridine rings is 1. The zero-order chi connectivity index (χ0) is 17.3. The van der Waals surface area contributed by atoms with Gasteiger partial charge in [-0.25, -0.2) is 4.52 Å². The Morgan fingerprint density at radius 1 is 1.08 bits per heavy atom. The third-order valence-electron chi connectivity index (χ3n) is 5.37. The van der Waals surface area contributed by atoms with Gasteiger partial charge in [0, 0.05) is 31.2 Å². The van der Waals surface area contributed by atoms with Gasteiger partial charge in [-0.3, -0.25) is 0 Å². The minimum Gasteiger partial charge on any atom is -0.302 e. The Labute approximate surface area is 146 Å². The van der Waals surface area contributed by atoms with E-state index in [1.807, 2.05) is 24.6 Å². The lowest BCUT2D eigenvalue weighted by atomic mass is 9.85. The Morgan fingerprint density at radius 2 is 1.75 bits per heavy atom. The number of rotatable bonds is 3. The molecule has 24 heavy (non-hydrogen) atoms. The predicted octanol–water partition coefficient (Wildman–Crippen LogP) is 4.74. The van der Waals surface area contributed by atoms with Gasteiger partial charge in [-0.2, -0.15) is 5.10 Å². The van der Waals surface area contributed by atoms with Gasteiger partial charge in [0.2, 0.25) is 0 Å². The highest BCUT2D eigenvalue weighted by molar-refractivity contribution is 5.53. The number of hydrogen-bond acceptors (Lipinski definition) is 2. The molecule has 0 atom stereocenters. The Morgan fingerprint density at radius 3 is 2.42 bits per heavy atom. The van der Waals surface area contributed by atoms with E-state index in [9.17, 15) is 0 Å². The van der Waals surface area contributed by atoms with E-state index in [1.165, 1.54) is 49.0 Å². The average Bonchev–Trinajstić information content (AvgIpc) is 3.27. The molecule has 2 aliphatic rings. The van der Waals surface area contributed by atoms with Gasteiger partial charge in [0.1, 0.15) is 0 Å². The van der Waals surface area contributed by atoms with Crippen LogP contribution in [0.15, 0.2) is 35.7 Å². The summed E-state index contributed by atoms with van der Waals surface area (Å²) in [5.41, 5.74) is 7.46. The highest BCUT2D eigenvalue weighted by atomic mass is 15.2. The molecule has 0 unspecified atom stereocenters. The van der Waals surface area contributed by atoms with Crippen molar-refractivity contribution >= 4 is 5.52 Å². The molecule has 0 N–H and O–H groups in total. The summed E-state index contributed by atoms with van der Waals surface area (Å²) >= 11 is 0. The van der Waals surface area contributed by atoms with Gasteiger partial charge in [0.25, 0.3) is 0 Å². The van der Waals surface area contributed by atoms with Gasteiger partial charge in [-0.1, -0.05) is 44.9 Å². The smallest absolute Gasteiger partial charge is 0.0690 e. The second-order valence-corrected chi connectivity index (χ2v) is 7.62. The first kappa shape index (κ1) is 17.2. The van der Waals surface area contributed by atoms with Crippen molar-refractivity contribution in [1.82, 2.24) is 14.5 Å². The van der Waals surface area contributed by atoms with Crippen molar-refractivity contribution < 1.29 is 0 Å². The molecule has 0 saturated heterocycles. The zero-order valence-corrected chi connectivity index (χ0v) is 15.9. The molecule has 1 aliphatic heterocycles. The van der Waals surface area contributed by atoms with Crippen LogP contribution in [0.2, 0.25) is 0 Å². The highest BCUT2D eigenvalue weighted by Crippen LogP contribution is 2.39. The molecule has 3 heterocycles. The molecule has 0 amide bonds. The summed E-state index contributed by atoms with van der Waals surface area (Å²) in [6.07, 6.45) is 8.08. The quantitative estimate of drug-likeness (QED) is 0.760. The minimum atomic E-state index is 0.151. The second kappa shape index (κ2) is 6.72. The molecular weight excluding hydrogens is 294 g/mol. The van der Waals surface area contributed by atoms with Crippen molar-refractivity contribution in [2.75, 3.05) is 19.6 Å². The maximum atomic E-state index is 4.47. The van der Waals surface area contributed by atoms with Crippen molar-refractivity contribution in [3.05, 3.63) is 46.8 Å². The van der Waals surface area contributed by atoms with E-state index < -0.39 is 0 Å². The van der Waals surface area contributed by atoms with Crippen molar-refractivity contribution in [2.45, 2.75) is 59.3 Å². The van der Waals surface area contributed by atoms with Crippen LogP contribution in [-0.4, -0.2) is 34.1 Å². The van der Waals surface area contributed by atoms with E-state index in [4.69, 9.17) is 0 Å². The fourth-order valence-electron chi connectivity index (χ4n) is 3.76. The number of aryl methyl sites for hydroxylation is 1. The Kier molecular flexibility index (Phi) is 4.82. The molecule has 4 rings (SSSR count). The van der Waals surface area contributed by atoms with Crippen LogP contribution in [0, 0.1) is 6.92 Å². The van der Waals surface area contributed by atoms with E-state index in [0.717, 1.165) is 6.54 Å². The Hall–Kier alpha value is -1.61. The summed E-state index contributed by atoms with van der Waals surface area (Å²) in [5, 5.41) is 4.47. The van der Waals surface area contributed by atoms with Crippen LogP contribution in [0.3, 0.4) is 0 Å². The maximum absolute atomic E-state index is 4.47. The lowest BCUT2D eigenvalue weighted by molar-refractivity contribution is 0.230. The summed E-state index contributed by atoms with van der Waals surface area (Å²) in [4.78, 5) is 2.64. The molecule has 0 aromatic carbocycles. The van der Waals surface area contributed by atoms with Gasteiger partial charge >= 0.3 is 0 Å². The molecule has 3 nitrogen and oxygen atoms in total. The van der Waals surface area contributed by atoms with Crippen LogP contribution >= 0.6 is 0 Å². The average molecular weight is 326 g/mol. The van der Waals surface area contributed by atoms with Crippen LogP contribution in [0.1, 0.15) is 58.1 Å². The van der Waals surface area contributed by atoms with E-state index in [0.29, 0.717) is 0 Å². The van der Waals surface area contributed by atoms with Crippen LogP contribution in [0.5, 0.6) is 0 Å². The zero-order valence-electron chi connectivity index (χ0n) is 15.9. The monoisotopic (exact) mass is 325 g/mol. The summed E-state index contributed by atoms with van der Waals surface area (Å²) in [7, 11) is 0. The molecule has 0 fully saturated rings. The van der Waals surface area contributed by atoms with Gasteiger partial charge < -0.3 is 4.90 Å². The van der Waals surface area contributed by atoms with Gasteiger partial charge in [0.15, 0.2) is 0 Å². The predicted molar refractivity (Wildman–Crippen MR) is 102 cm³/mol. The number of likely N-dealkylation sites (tertiary alicyclic amines) is 1. The molecule has 0 radical (unpaired) electrons. The molecular formula is C21H31N3. The van der Waals surface area contributed by atoms with Gasteiger partial charge in [-0.05, 0) is 43.4 Å². The van der Waals surface area contributed by atoms with E-state index in [1.54, 1.807) is 11.1 Å².